The van der Waals surface area contributed by atoms with Crippen LogP contribution in [-0.4, -0.2) is 27.8 Å². The first-order valence-corrected chi connectivity index (χ1v) is 9.08. The normalized spacial score (nSPS) is 50.8. The fourth-order valence-corrected chi connectivity index (χ4v) is 7.57. The third-order valence-electron chi connectivity index (χ3n) is 8.49. The Bertz CT molecular complexity index is 771. The SMILES string of the molecule is CC1(C)C2CC3C4CC5(Nc6ccccc6C5N41)C3(C)CC2=O. The van der Waals surface area contributed by atoms with E-state index in [1.54, 1.807) is 0 Å². The summed E-state index contributed by atoms with van der Waals surface area (Å²) in [7, 11) is 0. The minimum absolute atomic E-state index is 0.0223. The van der Waals surface area contributed by atoms with Crippen LogP contribution in [0.2, 0.25) is 0 Å². The summed E-state index contributed by atoms with van der Waals surface area (Å²) < 4.78 is 0. The molecule has 6 unspecified atom stereocenters. The summed E-state index contributed by atoms with van der Waals surface area (Å²) in [5.41, 5.74) is 2.91. The molecule has 6 atom stereocenters. The van der Waals surface area contributed by atoms with Gasteiger partial charge in [-0.15, -0.1) is 0 Å². The van der Waals surface area contributed by atoms with Gasteiger partial charge < -0.3 is 5.32 Å². The fourth-order valence-electron chi connectivity index (χ4n) is 7.57. The molecule has 1 spiro atoms. The van der Waals surface area contributed by atoms with Gasteiger partial charge in [0.15, 0.2) is 0 Å². The molecule has 1 N–H and O–H groups in total. The van der Waals surface area contributed by atoms with Crippen molar-refractivity contribution in [2.45, 2.75) is 63.2 Å². The summed E-state index contributed by atoms with van der Waals surface area (Å²) in [5.74, 6) is 1.41. The molecule has 3 aliphatic heterocycles. The van der Waals surface area contributed by atoms with Crippen LogP contribution in [0.5, 0.6) is 0 Å². The number of carbonyl (C=O) groups is 1. The van der Waals surface area contributed by atoms with Crippen LogP contribution in [0.1, 0.15) is 51.6 Å². The topological polar surface area (TPSA) is 32.3 Å². The molecule has 3 heterocycles. The molecule has 1 aromatic carbocycles. The molecule has 3 nitrogen and oxygen atoms in total. The van der Waals surface area contributed by atoms with Gasteiger partial charge in [-0.25, -0.2) is 0 Å². The maximum absolute atomic E-state index is 13.0. The summed E-state index contributed by atoms with van der Waals surface area (Å²) in [5, 5.41) is 3.96. The largest absolute Gasteiger partial charge is 0.377 e. The summed E-state index contributed by atoms with van der Waals surface area (Å²) in [6.07, 6.45) is 3.08. The first kappa shape index (κ1) is 13.0. The first-order chi connectivity index (χ1) is 10.9. The van der Waals surface area contributed by atoms with Gasteiger partial charge in [0.25, 0.3) is 0 Å². The van der Waals surface area contributed by atoms with Gasteiger partial charge in [-0.3, -0.25) is 9.69 Å². The average molecular weight is 308 g/mol. The molecule has 2 saturated carbocycles. The highest BCUT2D eigenvalue weighted by Crippen LogP contribution is 2.76. The number of carbonyl (C=O) groups excluding carboxylic acids is 1. The van der Waals surface area contributed by atoms with Crippen LogP contribution >= 0.6 is 0 Å². The van der Waals surface area contributed by atoms with Gasteiger partial charge >= 0.3 is 0 Å². The number of nitrogens with zero attached hydrogens (tertiary/aromatic N) is 1. The molecule has 4 fully saturated rings. The molecule has 1 aromatic rings. The Kier molecular flexibility index (Phi) is 1.90. The third-order valence-corrected chi connectivity index (χ3v) is 8.49. The predicted molar refractivity (Wildman–Crippen MR) is 89.2 cm³/mol. The monoisotopic (exact) mass is 308 g/mol. The highest BCUT2D eigenvalue weighted by molar-refractivity contribution is 5.86. The van der Waals surface area contributed by atoms with E-state index in [4.69, 9.17) is 0 Å². The lowest BCUT2D eigenvalue weighted by atomic mass is 9.50. The Hall–Kier alpha value is -1.35. The molecular weight excluding hydrogens is 284 g/mol. The third kappa shape index (κ3) is 1.08. The molecule has 4 bridgehead atoms. The zero-order valence-corrected chi connectivity index (χ0v) is 14.1. The van der Waals surface area contributed by atoms with Crippen molar-refractivity contribution in [2.75, 3.05) is 5.32 Å². The van der Waals surface area contributed by atoms with Crippen molar-refractivity contribution >= 4 is 11.5 Å². The van der Waals surface area contributed by atoms with E-state index in [1.165, 1.54) is 17.7 Å². The van der Waals surface area contributed by atoms with Gasteiger partial charge in [0.05, 0.1) is 11.6 Å². The Morgan fingerprint density at radius 1 is 1.22 bits per heavy atom. The van der Waals surface area contributed by atoms with Crippen molar-refractivity contribution in [3.05, 3.63) is 29.8 Å². The summed E-state index contributed by atoms with van der Waals surface area (Å²) in [4.78, 5) is 15.7. The lowest BCUT2D eigenvalue weighted by Gasteiger charge is -2.65. The number of ketones is 1. The molecule has 0 aromatic heterocycles. The second-order valence-corrected chi connectivity index (χ2v) is 9.37. The Balaban J connectivity index is 1.67. The number of para-hydroxylation sites is 1. The van der Waals surface area contributed by atoms with Crippen LogP contribution in [0, 0.1) is 17.3 Å². The number of fused-ring (bicyclic) bond motifs is 4. The first-order valence-electron chi connectivity index (χ1n) is 9.08. The Labute approximate surface area is 137 Å². The van der Waals surface area contributed by atoms with Gasteiger partial charge in [-0.05, 0) is 44.2 Å². The van der Waals surface area contributed by atoms with Crippen molar-refractivity contribution in [3.63, 3.8) is 0 Å². The van der Waals surface area contributed by atoms with E-state index < -0.39 is 0 Å². The zero-order valence-electron chi connectivity index (χ0n) is 14.1. The van der Waals surface area contributed by atoms with E-state index in [0.717, 1.165) is 12.8 Å². The number of rotatable bonds is 0. The van der Waals surface area contributed by atoms with Crippen LogP contribution < -0.4 is 5.32 Å². The molecule has 3 heteroatoms. The number of piperidine rings is 2. The maximum atomic E-state index is 13.0. The van der Waals surface area contributed by atoms with E-state index in [2.05, 4.69) is 55.3 Å². The van der Waals surface area contributed by atoms with Gasteiger partial charge in [0.2, 0.25) is 0 Å². The van der Waals surface area contributed by atoms with E-state index in [0.29, 0.717) is 23.8 Å². The Morgan fingerprint density at radius 3 is 2.83 bits per heavy atom. The number of Topliss-reactive ketones (excluding diaryl/α,β-unsaturated/α-hetero) is 1. The molecule has 120 valence electrons. The van der Waals surface area contributed by atoms with Gasteiger partial charge in [0, 0.05) is 35.0 Å². The second kappa shape index (κ2) is 3.37. The van der Waals surface area contributed by atoms with Crippen LogP contribution in [0.25, 0.3) is 0 Å². The Morgan fingerprint density at radius 2 is 2.00 bits per heavy atom. The molecule has 23 heavy (non-hydrogen) atoms. The highest BCUT2D eigenvalue weighted by Gasteiger charge is 2.80. The standard InChI is InChI=1S/C20H24N2O/c1-18(2)13-8-12-15-9-20(19(12,3)10-16(13)23)17(22(15)18)11-6-4-5-7-14(11)21-20/h4-7,12-13,15,17,21H,8-10H2,1-3H3. The smallest absolute Gasteiger partial charge is 0.138 e. The van der Waals surface area contributed by atoms with Crippen LogP contribution in [0.4, 0.5) is 5.69 Å². The van der Waals surface area contributed by atoms with Crippen LogP contribution in [0.3, 0.4) is 0 Å². The number of nitrogens with one attached hydrogen (secondary N) is 1. The second-order valence-electron chi connectivity index (χ2n) is 9.37. The number of anilines is 1. The highest BCUT2D eigenvalue weighted by atomic mass is 16.1. The average Bonchev–Trinajstić information content (AvgIpc) is 3.06. The number of benzene rings is 1. The van der Waals surface area contributed by atoms with Gasteiger partial charge in [0.1, 0.15) is 5.78 Å². The van der Waals surface area contributed by atoms with Gasteiger partial charge in [-0.2, -0.15) is 0 Å². The van der Waals surface area contributed by atoms with Crippen molar-refractivity contribution in [1.82, 2.24) is 4.90 Å². The van der Waals surface area contributed by atoms with Crippen molar-refractivity contribution in [3.8, 4) is 0 Å². The lowest BCUT2D eigenvalue weighted by molar-refractivity contribution is -0.175. The minimum Gasteiger partial charge on any atom is -0.377 e. The van der Waals surface area contributed by atoms with E-state index in [-0.39, 0.29) is 22.4 Å². The minimum atomic E-state index is -0.0223. The van der Waals surface area contributed by atoms with E-state index in [1.807, 2.05) is 0 Å². The van der Waals surface area contributed by atoms with Crippen molar-refractivity contribution in [1.29, 1.82) is 0 Å². The molecule has 5 aliphatic rings. The van der Waals surface area contributed by atoms with E-state index in [9.17, 15) is 4.79 Å². The predicted octanol–water partition coefficient (Wildman–Crippen LogP) is 3.37. The van der Waals surface area contributed by atoms with E-state index >= 15 is 0 Å². The molecule has 2 saturated heterocycles. The van der Waals surface area contributed by atoms with Crippen LogP contribution in [-0.2, 0) is 4.79 Å². The van der Waals surface area contributed by atoms with Crippen molar-refractivity contribution in [2.24, 2.45) is 17.3 Å². The summed E-state index contributed by atoms with van der Waals surface area (Å²) in [6, 6.07) is 9.92. The zero-order chi connectivity index (χ0) is 15.8. The molecular formula is C20H24N2O. The van der Waals surface area contributed by atoms with Crippen LogP contribution in [0.15, 0.2) is 24.3 Å². The quantitative estimate of drug-likeness (QED) is 0.797. The van der Waals surface area contributed by atoms with Crippen molar-refractivity contribution < 1.29 is 4.79 Å². The summed E-state index contributed by atoms with van der Waals surface area (Å²) in [6.45, 7) is 7.06. The lowest BCUT2D eigenvalue weighted by Crippen LogP contribution is -2.72. The number of hydrogen-bond donors (Lipinski definition) is 1. The number of hydrogen-bond acceptors (Lipinski definition) is 3. The molecule has 2 aliphatic carbocycles. The molecule has 0 amide bonds. The summed E-state index contributed by atoms with van der Waals surface area (Å²) >= 11 is 0. The maximum Gasteiger partial charge on any atom is 0.138 e. The fraction of sp³-hybridized carbons (Fsp3) is 0.650. The molecule has 0 radical (unpaired) electrons. The molecule has 6 rings (SSSR count). The van der Waals surface area contributed by atoms with Gasteiger partial charge in [-0.1, -0.05) is 25.1 Å².